The molecule has 0 N–H and O–H groups in total. The molecule has 3 rings (SSSR count). The standard InChI is InChI=1S/C25H30N2O5/c1-4-31-25(30)20-13-15-27(16-14-20)23(28)17-32-22-11-9-21(10-12-22)26(3)24(29)19-7-5-18(2)6-8-19/h5-12,20H,4,13-17H2,1-3H3. The summed E-state index contributed by atoms with van der Waals surface area (Å²) in [5.41, 5.74) is 2.45. The van der Waals surface area contributed by atoms with Crippen molar-refractivity contribution in [2.24, 2.45) is 5.92 Å². The van der Waals surface area contributed by atoms with Crippen LogP contribution >= 0.6 is 0 Å². The highest BCUT2D eigenvalue weighted by atomic mass is 16.5. The SMILES string of the molecule is CCOC(=O)C1CCN(C(=O)COc2ccc(N(C)C(=O)c3ccc(C)cc3)cc2)CC1. The number of carbonyl (C=O) groups excluding carboxylic acids is 3. The van der Waals surface area contributed by atoms with Gasteiger partial charge in [-0.15, -0.1) is 0 Å². The molecule has 0 radical (unpaired) electrons. The quantitative estimate of drug-likeness (QED) is 0.619. The number of likely N-dealkylation sites (tertiary alicyclic amines) is 1. The molecule has 0 aromatic heterocycles. The second kappa shape index (κ2) is 10.8. The highest BCUT2D eigenvalue weighted by Gasteiger charge is 2.28. The molecule has 1 aliphatic heterocycles. The Morgan fingerprint density at radius 2 is 1.62 bits per heavy atom. The Kier molecular flexibility index (Phi) is 7.87. The first-order valence-electron chi connectivity index (χ1n) is 10.9. The summed E-state index contributed by atoms with van der Waals surface area (Å²) < 4.78 is 10.7. The molecule has 0 atom stereocenters. The number of anilines is 1. The molecule has 0 spiro atoms. The van der Waals surface area contributed by atoms with E-state index in [2.05, 4.69) is 0 Å². The molecule has 2 aromatic rings. The van der Waals surface area contributed by atoms with E-state index in [4.69, 9.17) is 9.47 Å². The number of aryl methyl sites for hydroxylation is 1. The lowest BCUT2D eigenvalue weighted by Gasteiger charge is -2.30. The number of piperidine rings is 1. The number of amides is 2. The summed E-state index contributed by atoms with van der Waals surface area (Å²) in [6.45, 7) is 5.13. The maximum absolute atomic E-state index is 12.6. The third kappa shape index (κ3) is 5.87. The van der Waals surface area contributed by atoms with Gasteiger partial charge in [0.15, 0.2) is 6.61 Å². The molecule has 2 aromatic carbocycles. The lowest BCUT2D eigenvalue weighted by molar-refractivity contribution is -0.151. The van der Waals surface area contributed by atoms with Crippen LogP contribution in [0, 0.1) is 12.8 Å². The van der Waals surface area contributed by atoms with E-state index in [1.807, 2.05) is 31.2 Å². The minimum Gasteiger partial charge on any atom is -0.484 e. The van der Waals surface area contributed by atoms with Gasteiger partial charge in [-0.2, -0.15) is 0 Å². The molecule has 170 valence electrons. The van der Waals surface area contributed by atoms with Crippen LogP contribution in [0.3, 0.4) is 0 Å². The van der Waals surface area contributed by atoms with Gasteiger partial charge in [0.05, 0.1) is 12.5 Å². The molecule has 0 bridgehead atoms. The van der Waals surface area contributed by atoms with Crippen molar-refractivity contribution in [3.05, 3.63) is 59.7 Å². The fourth-order valence-corrected chi connectivity index (χ4v) is 3.63. The Hall–Kier alpha value is -3.35. The van der Waals surface area contributed by atoms with Crippen molar-refractivity contribution in [1.82, 2.24) is 4.90 Å². The molecule has 0 unspecified atom stereocenters. The molecule has 7 heteroatoms. The summed E-state index contributed by atoms with van der Waals surface area (Å²) in [6, 6.07) is 14.5. The van der Waals surface area contributed by atoms with Crippen molar-refractivity contribution >= 4 is 23.5 Å². The van der Waals surface area contributed by atoms with Gasteiger partial charge in [-0.05, 0) is 63.1 Å². The summed E-state index contributed by atoms with van der Waals surface area (Å²) in [6.07, 6.45) is 1.22. The molecule has 1 heterocycles. The summed E-state index contributed by atoms with van der Waals surface area (Å²) in [5.74, 6) is 0.0386. The monoisotopic (exact) mass is 438 g/mol. The van der Waals surface area contributed by atoms with Crippen molar-refractivity contribution in [3.63, 3.8) is 0 Å². The van der Waals surface area contributed by atoms with E-state index in [1.54, 1.807) is 48.0 Å². The zero-order valence-corrected chi connectivity index (χ0v) is 18.9. The average Bonchev–Trinajstić information content (AvgIpc) is 2.82. The van der Waals surface area contributed by atoms with Crippen molar-refractivity contribution in [1.29, 1.82) is 0 Å². The predicted molar refractivity (Wildman–Crippen MR) is 122 cm³/mol. The van der Waals surface area contributed by atoms with Gasteiger partial charge in [0.2, 0.25) is 0 Å². The summed E-state index contributed by atoms with van der Waals surface area (Å²) in [5, 5.41) is 0. The second-order valence-electron chi connectivity index (χ2n) is 7.92. The average molecular weight is 439 g/mol. The Balaban J connectivity index is 1.48. The molecule has 1 aliphatic rings. The van der Waals surface area contributed by atoms with E-state index in [9.17, 15) is 14.4 Å². The molecule has 1 fully saturated rings. The largest absolute Gasteiger partial charge is 0.484 e. The fourth-order valence-electron chi connectivity index (χ4n) is 3.63. The summed E-state index contributed by atoms with van der Waals surface area (Å²) in [7, 11) is 1.72. The Labute approximate surface area is 188 Å². The van der Waals surface area contributed by atoms with Crippen LogP contribution in [0.5, 0.6) is 5.75 Å². The van der Waals surface area contributed by atoms with Crippen LogP contribution in [0.1, 0.15) is 35.7 Å². The smallest absolute Gasteiger partial charge is 0.309 e. The van der Waals surface area contributed by atoms with E-state index < -0.39 is 0 Å². The maximum Gasteiger partial charge on any atom is 0.309 e. The molecular weight excluding hydrogens is 408 g/mol. The number of hydrogen-bond acceptors (Lipinski definition) is 5. The van der Waals surface area contributed by atoms with E-state index in [-0.39, 0.29) is 30.3 Å². The zero-order chi connectivity index (χ0) is 23.1. The highest BCUT2D eigenvalue weighted by molar-refractivity contribution is 6.05. The molecule has 32 heavy (non-hydrogen) atoms. The van der Waals surface area contributed by atoms with E-state index in [1.165, 1.54) is 0 Å². The lowest BCUT2D eigenvalue weighted by atomic mass is 9.97. The van der Waals surface area contributed by atoms with Gasteiger partial charge in [0.25, 0.3) is 11.8 Å². The van der Waals surface area contributed by atoms with Crippen molar-refractivity contribution in [3.8, 4) is 5.75 Å². The molecule has 0 saturated carbocycles. The molecule has 2 amide bonds. The van der Waals surface area contributed by atoms with Gasteiger partial charge >= 0.3 is 5.97 Å². The molecule has 0 aliphatic carbocycles. The van der Waals surface area contributed by atoms with Crippen LogP contribution in [0.4, 0.5) is 5.69 Å². The number of ether oxygens (including phenoxy) is 2. The van der Waals surface area contributed by atoms with Crippen LogP contribution in [-0.2, 0) is 14.3 Å². The highest BCUT2D eigenvalue weighted by Crippen LogP contribution is 2.22. The van der Waals surface area contributed by atoms with E-state index in [0.717, 1.165) is 11.3 Å². The molecule has 7 nitrogen and oxygen atoms in total. The first-order chi connectivity index (χ1) is 15.4. The van der Waals surface area contributed by atoms with Crippen molar-refractivity contribution in [2.75, 3.05) is 38.3 Å². The van der Waals surface area contributed by atoms with Gasteiger partial charge < -0.3 is 19.3 Å². The van der Waals surface area contributed by atoms with Crippen molar-refractivity contribution in [2.45, 2.75) is 26.7 Å². The van der Waals surface area contributed by atoms with Gasteiger partial charge in [-0.25, -0.2) is 0 Å². The van der Waals surface area contributed by atoms with Gasteiger partial charge in [0, 0.05) is 31.4 Å². The van der Waals surface area contributed by atoms with E-state index >= 15 is 0 Å². The van der Waals surface area contributed by atoms with Crippen LogP contribution in [0.25, 0.3) is 0 Å². The topological polar surface area (TPSA) is 76.2 Å². The number of hydrogen-bond donors (Lipinski definition) is 0. The normalized spacial score (nSPS) is 14.0. The van der Waals surface area contributed by atoms with E-state index in [0.29, 0.717) is 43.9 Å². The maximum atomic E-state index is 12.6. The zero-order valence-electron chi connectivity index (χ0n) is 18.9. The van der Waals surface area contributed by atoms with Crippen LogP contribution in [-0.4, -0.2) is 56.0 Å². The predicted octanol–water partition coefficient (Wildman–Crippen LogP) is 3.45. The fraction of sp³-hybridized carbons (Fsp3) is 0.400. The first-order valence-corrected chi connectivity index (χ1v) is 10.9. The third-order valence-electron chi connectivity index (χ3n) is 5.66. The van der Waals surface area contributed by atoms with Crippen molar-refractivity contribution < 1.29 is 23.9 Å². The minimum atomic E-state index is -0.179. The Morgan fingerprint density at radius 1 is 1.00 bits per heavy atom. The summed E-state index contributed by atoms with van der Waals surface area (Å²) >= 11 is 0. The Morgan fingerprint density at radius 3 is 2.22 bits per heavy atom. The number of esters is 1. The minimum absolute atomic E-state index is 0.0679. The van der Waals surface area contributed by atoms with Crippen LogP contribution in [0.2, 0.25) is 0 Å². The van der Waals surface area contributed by atoms with Crippen LogP contribution < -0.4 is 9.64 Å². The molecule has 1 saturated heterocycles. The van der Waals surface area contributed by atoms with Gasteiger partial charge in [-0.3, -0.25) is 14.4 Å². The third-order valence-corrected chi connectivity index (χ3v) is 5.66. The van der Waals surface area contributed by atoms with Gasteiger partial charge in [0.1, 0.15) is 5.75 Å². The second-order valence-corrected chi connectivity index (χ2v) is 7.92. The first kappa shape index (κ1) is 23.3. The number of nitrogens with zero attached hydrogens (tertiary/aromatic N) is 2. The lowest BCUT2D eigenvalue weighted by Crippen LogP contribution is -2.42. The summed E-state index contributed by atoms with van der Waals surface area (Å²) in [4.78, 5) is 40.2. The number of carbonyl (C=O) groups is 3. The number of rotatable bonds is 7. The van der Waals surface area contributed by atoms with Gasteiger partial charge in [-0.1, -0.05) is 17.7 Å². The Bertz CT molecular complexity index is 932. The van der Waals surface area contributed by atoms with Crippen LogP contribution in [0.15, 0.2) is 48.5 Å². The molecular formula is C25H30N2O5. The number of benzene rings is 2.